The van der Waals surface area contributed by atoms with Crippen LogP contribution in [0.1, 0.15) is 13.8 Å². The number of nitrogens with zero attached hydrogens (tertiary/aromatic N) is 2. The molecule has 0 spiro atoms. The molecule has 0 saturated heterocycles. The number of hydrogen-bond donors (Lipinski definition) is 1. The number of aromatic nitrogens is 2. The molecule has 1 N–H and O–H groups in total. The molecule has 1 aromatic heterocycles. The summed E-state index contributed by atoms with van der Waals surface area (Å²) in [7, 11) is 0. The molecule has 0 aliphatic carbocycles. The molecular formula is C6H11N3S. The molecule has 0 aromatic carbocycles. The van der Waals surface area contributed by atoms with Crippen molar-refractivity contribution in [1.82, 2.24) is 9.78 Å². The maximum absolute atomic E-state index is 7.36. The molecule has 0 saturated carbocycles. The zero-order valence-electron chi connectivity index (χ0n) is 6.16. The fourth-order valence-electron chi connectivity index (χ4n) is 0.720. The van der Waals surface area contributed by atoms with E-state index in [4.69, 9.17) is 5.41 Å². The molecule has 3 nitrogen and oxygen atoms in total. The van der Waals surface area contributed by atoms with Gasteiger partial charge in [-0.3, -0.25) is 5.41 Å². The summed E-state index contributed by atoms with van der Waals surface area (Å²) in [5.41, 5.74) is 1.70. The highest BCUT2D eigenvalue weighted by Gasteiger charge is 1.97. The Balaban J connectivity index is 2.75. The minimum atomic E-state index is 0.536. The molecule has 56 valence electrons. The Kier molecular flexibility index (Phi) is 2.21. The van der Waals surface area contributed by atoms with E-state index in [1.807, 2.05) is 0 Å². The van der Waals surface area contributed by atoms with Crippen LogP contribution < -0.4 is 4.80 Å². The van der Waals surface area contributed by atoms with Gasteiger partial charge < -0.3 is 0 Å². The third-order valence-corrected chi connectivity index (χ3v) is 1.76. The highest BCUT2D eigenvalue weighted by molar-refractivity contribution is 7.06. The number of rotatable bonds is 2. The topological polar surface area (TPSA) is 41.7 Å². The molecule has 0 aliphatic rings. The first-order chi connectivity index (χ1) is 4.70. The van der Waals surface area contributed by atoms with Crippen molar-refractivity contribution < 1.29 is 0 Å². The molecule has 0 amide bonds. The third-order valence-electron chi connectivity index (χ3n) is 1.12. The first kappa shape index (κ1) is 7.47. The fraction of sp³-hybridized carbons (Fsp3) is 0.667. The lowest BCUT2D eigenvalue weighted by atomic mass is 10.2. The van der Waals surface area contributed by atoms with Crippen LogP contribution in [0, 0.1) is 11.3 Å². The molecule has 0 fully saturated rings. The minimum Gasteiger partial charge on any atom is -0.274 e. The summed E-state index contributed by atoms with van der Waals surface area (Å²) in [5, 5.41) is 11.4. The van der Waals surface area contributed by atoms with Gasteiger partial charge in [-0.15, -0.1) is 0 Å². The molecule has 1 heterocycles. The quantitative estimate of drug-likeness (QED) is 0.685. The van der Waals surface area contributed by atoms with Crippen LogP contribution >= 0.6 is 11.3 Å². The van der Waals surface area contributed by atoms with Crippen molar-refractivity contribution in [2.75, 3.05) is 0 Å². The second kappa shape index (κ2) is 2.96. The number of nitrogens with one attached hydrogen (secondary N) is 1. The Morgan fingerprint density at radius 2 is 2.50 bits per heavy atom. The number of hydrogen-bond acceptors (Lipinski definition) is 3. The molecule has 0 atom stereocenters. The van der Waals surface area contributed by atoms with Gasteiger partial charge in [0.2, 0.25) is 0 Å². The second-order valence-electron chi connectivity index (χ2n) is 2.62. The van der Waals surface area contributed by atoms with Crippen molar-refractivity contribution in [2.24, 2.45) is 5.92 Å². The van der Waals surface area contributed by atoms with Crippen molar-refractivity contribution in [3.05, 3.63) is 10.3 Å². The van der Waals surface area contributed by atoms with E-state index in [1.165, 1.54) is 11.3 Å². The molecule has 0 radical (unpaired) electrons. The van der Waals surface area contributed by atoms with Gasteiger partial charge >= 0.3 is 0 Å². The highest BCUT2D eigenvalue weighted by atomic mass is 32.1. The van der Waals surface area contributed by atoms with Crippen LogP contribution in [0.15, 0.2) is 5.51 Å². The van der Waals surface area contributed by atoms with Crippen molar-refractivity contribution in [3.63, 3.8) is 0 Å². The van der Waals surface area contributed by atoms with Gasteiger partial charge in [-0.25, -0.2) is 4.68 Å². The normalized spacial score (nSPS) is 10.7. The predicted molar refractivity (Wildman–Crippen MR) is 40.8 cm³/mol. The van der Waals surface area contributed by atoms with Crippen molar-refractivity contribution in [3.8, 4) is 0 Å². The van der Waals surface area contributed by atoms with Crippen molar-refractivity contribution >= 4 is 11.3 Å². The Morgan fingerprint density at radius 3 is 2.90 bits per heavy atom. The molecule has 0 bridgehead atoms. The monoisotopic (exact) mass is 157 g/mol. The molecule has 0 aliphatic heterocycles. The lowest BCUT2D eigenvalue weighted by molar-refractivity contribution is 0.468. The van der Waals surface area contributed by atoms with E-state index in [9.17, 15) is 0 Å². The standard InChI is InChI=1S/C6H11N3S/c1-5(2)3-9-6(7)10-4-8-9/h4-5,7H,3H2,1-2H3. The molecule has 0 unspecified atom stereocenters. The SMILES string of the molecule is CC(C)Cn1ncsc1=N. The predicted octanol–water partition coefficient (Wildman–Crippen LogP) is 1.08. The Morgan fingerprint density at radius 1 is 1.80 bits per heavy atom. The van der Waals surface area contributed by atoms with Crippen LogP contribution in [0.2, 0.25) is 0 Å². The third kappa shape index (κ3) is 1.67. The van der Waals surface area contributed by atoms with Crippen LogP contribution in [0.5, 0.6) is 0 Å². The van der Waals surface area contributed by atoms with Gasteiger partial charge in [0, 0.05) is 6.54 Å². The van der Waals surface area contributed by atoms with E-state index < -0.39 is 0 Å². The van der Waals surface area contributed by atoms with Gasteiger partial charge in [-0.1, -0.05) is 25.2 Å². The average Bonchev–Trinajstić information content (AvgIpc) is 2.15. The average molecular weight is 157 g/mol. The molecule has 1 rings (SSSR count). The van der Waals surface area contributed by atoms with Crippen LogP contribution in [-0.4, -0.2) is 9.78 Å². The van der Waals surface area contributed by atoms with Crippen LogP contribution in [-0.2, 0) is 6.54 Å². The van der Waals surface area contributed by atoms with E-state index in [2.05, 4.69) is 18.9 Å². The van der Waals surface area contributed by atoms with Gasteiger partial charge in [0.05, 0.1) is 0 Å². The van der Waals surface area contributed by atoms with Crippen molar-refractivity contribution in [2.45, 2.75) is 20.4 Å². The van der Waals surface area contributed by atoms with Gasteiger partial charge in [0.1, 0.15) is 5.51 Å². The largest absolute Gasteiger partial charge is 0.274 e. The van der Waals surface area contributed by atoms with Gasteiger partial charge in [0.15, 0.2) is 4.80 Å². The summed E-state index contributed by atoms with van der Waals surface area (Å²) < 4.78 is 1.72. The summed E-state index contributed by atoms with van der Waals surface area (Å²) in [6.45, 7) is 5.08. The smallest absolute Gasteiger partial charge is 0.199 e. The Bertz CT molecular complexity index is 247. The van der Waals surface area contributed by atoms with Crippen molar-refractivity contribution in [1.29, 1.82) is 5.41 Å². The summed E-state index contributed by atoms with van der Waals surface area (Å²) in [6.07, 6.45) is 0. The molecule has 1 aromatic rings. The highest BCUT2D eigenvalue weighted by Crippen LogP contribution is 1.94. The lowest BCUT2D eigenvalue weighted by Crippen LogP contribution is -2.17. The summed E-state index contributed by atoms with van der Waals surface area (Å²) in [4.78, 5) is 0.536. The lowest BCUT2D eigenvalue weighted by Gasteiger charge is -2.02. The maximum Gasteiger partial charge on any atom is 0.199 e. The van der Waals surface area contributed by atoms with Crippen LogP contribution in [0.4, 0.5) is 0 Å². The van der Waals surface area contributed by atoms with Gasteiger partial charge in [-0.05, 0) is 5.92 Å². The van der Waals surface area contributed by atoms with Gasteiger partial charge in [0.25, 0.3) is 0 Å². The van der Waals surface area contributed by atoms with E-state index in [-0.39, 0.29) is 0 Å². The summed E-state index contributed by atoms with van der Waals surface area (Å²) >= 11 is 1.36. The summed E-state index contributed by atoms with van der Waals surface area (Å²) in [5.74, 6) is 0.566. The molecular weight excluding hydrogens is 146 g/mol. The minimum absolute atomic E-state index is 0.536. The van der Waals surface area contributed by atoms with E-state index in [0.717, 1.165) is 6.54 Å². The first-order valence-electron chi connectivity index (χ1n) is 3.25. The van der Waals surface area contributed by atoms with E-state index >= 15 is 0 Å². The molecule has 4 heteroatoms. The second-order valence-corrected chi connectivity index (χ2v) is 3.45. The van der Waals surface area contributed by atoms with Gasteiger partial charge in [-0.2, -0.15) is 5.10 Å². The Hall–Kier alpha value is -0.640. The maximum atomic E-state index is 7.36. The Labute approximate surface area is 63.8 Å². The zero-order valence-corrected chi connectivity index (χ0v) is 6.98. The summed E-state index contributed by atoms with van der Waals surface area (Å²) in [6, 6.07) is 0. The first-order valence-corrected chi connectivity index (χ1v) is 4.13. The zero-order chi connectivity index (χ0) is 7.56. The molecule has 10 heavy (non-hydrogen) atoms. The van der Waals surface area contributed by atoms with Crippen LogP contribution in [0.25, 0.3) is 0 Å². The van der Waals surface area contributed by atoms with E-state index in [1.54, 1.807) is 10.2 Å². The van der Waals surface area contributed by atoms with E-state index in [0.29, 0.717) is 10.7 Å². The fourth-order valence-corrected chi connectivity index (χ4v) is 1.22. The van der Waals surface area contributed by atoms with Crippen LogP contribution in [0.3, 0.4) is 0 Å².